The Balaban J connectivity index is 1.92. The third-order valence-corrected chi connectivity index (χ3v) is 3.25. The number of rotatable bonds is 5. The third-order valence-electron chi connectivity index (χ3n) is 2.92. The average molecular weight is 307 g/mol. The van der Waals surface area contributed by atoms with Crippen molar-refractivity contribution in [1.29, 1.82) is 0 Å². The van der Waals surface area contributed by atoms with E-state index in [1.165, 1.54) is 6.07 Å². The number of hydrogen-bond donors (Lipinski definition) is 2. The maximum atomic E-state index is 12.7. The molecule has 1 saturated carbocycles. The van der Waals surface area contributed by atoms with Crippen molar-refractivity contribution < 1.29 is 18.0 Å². The largest absolute Gasteiger partial charge is 0.417 e. The molecule has 0 spiro atoms. The minimum absolute atomic E-state index is 0.0955. The number of hydrogen-bond acceptors (Lipinski definition) is 2. The van der Waals surface area contributed by atoms with Crippen LogP contribution in [0.5, 0.6) is 0 Å². The molecule has 3 nitrogen and oxygen atoms in total. The normalized spacial score (nSPS) is 15.2. The van der Waals surface area contributed by atoms with Crippen LogP contribution in [0.3, 0.4) is 0 Å². The number of alkyl halides is 3. The predicted octanol–water partition coefficient (Wildman–Crippen LogP) is 3.44. The van der Waals surface area contributed by atoms with Gasteiger partial charge in [-0.2, -0.15) is 13.2 Å². The van der Waals surface area contributed by atoms with Crippen molar-refractivity contribution in [1.82, 2.24) is 5.32 Å². The molecule has 0 heterocycles. The second kappa shape index (κ2) is 6.01. The minimum atomic E-state index is -4.54. The van der Waals surface area contributed by atoms with Gasteiger partial charge in [0.05, 0.1) is 10.6 Å². The number of anilines is 1. The van der Waals surface area contributed by atoms with Gasteiger partial charge in [-0.3, -0.25) is 4.79 Å². The van der Waals surface area contributed by atoms with Gasteiger partial charge in [0.2, 0.25) is 5.91 Å². The van der Waals surface area contributed by atoms with Crippen molar-refractivity contribution >= 4 is 23.2 Å². The highest BCUT2D eigenvalue weighted by Gasteiger charge is 2.33. The van der Waals surface area contributed by atoms with Gasteiger partial charge >= 0.3 is 6.18 Å². The highest BCUT2D eigenvalue weighted by atomic mass is 35.5. The SMILES string of the molecule is O=C(CCNC1CC1)Nc1ccc(Cl)c(C(F)(F)F)c1. The van der Waals surface area contributed by atoms with E-state index in [4.69, 9.17) is 11.6 Å². The molecule has 20 heavy (non-hydrogen) atoms. The number of nitrogens with one attached hydrogen (secondary N) is 2. The Bertz CT molecular complexity index is 501. The van der Waals surface area contributed by atoms with Gasteiger partial charge in [0.25, 0.3) is 0 Å². The molecule has 0 aliphatic heterocycles. The lowest BCUT2D eigenvalue weighted by Gasteiger charge is -2.12. The van der Waals surface area contributed by atoms with Gasteiger partial charge < -0.3 is 10.6 Å². The lowest BCUT2D eigenvalue weighted by atomic mass is 10.2. The summed E-state index contributed by atoms with van der Waals surface area (Å²) >= 11 is 5.50. The van der Waals surface area contributed by atoms with Crippen LogP contribution in [-0.4, -0.2) is 18.5 Å². The van der Waals surface area contributed by atoms with Gasteiger partial charge in [0.15, 0.2) is 0 Å². The molecular formula is C13H14ClF3N2O. The first-order chi connectivity index (χ1) is 9.36. The Kier molecular flexibility index (Phi) is 4.55. The summed E-state index contributed by atoms with van der Waals surface area (Å²) in [6.45, 7) is 0.524. The first-order valence-electron chi connectivity index (χ1n) is 6.26. The second-order valence-corrected chi connectivity index (χ2v) is 5.13. The lowest BCUT2D eigenvalue weighted by Crippen LogP contribution is -2.23. The van der Waals surface area contributed by atoms with Crippen molar-refractivity contribution in [3.63, 3.8) is 0 Å². The Labute approximate surface area is 119 Å². The van der Waals surface area contributed by atoms with E-state index in [1.54, 1.807) is 0 Å². The number of halogens is 4. The molecule has 2 rings (SSSR count). The van der Waals surface area contributed by atoms with E-state index in [0.29, 0.717) is 12.6 Å². The van der Waals surface area contributed by atoms with E-state index < -0.39 is 11.7 Å². The fraction of sp³-hybridized carbons (Fsp3) is 0.462. The first-order valence-corrected chi connectivity index (χ1v) is 6.64. The molecule has 0 unspecified atom stereocenters. The van der Waals surface area contributed by atoms with Gasteiger partial charge in [-0.05, 0) is 31.0 Å². The van der Waals surface area contributed by atoms with Crippen molar-refractivity contribution in [2.45, 2.75) is 31.5 Å². The molecule has 110 valence electrons. The van der Waals surface area contributed by atoms with Crippen molar-refractivity contribution in [3.05, 3.63) is 28.8 Å². The molecule has 1 aliphatic rings. The summed E-state index contributed by atoms with van der Waals surface area (Å²) in [4.78, 5) is 11.6. The molecule has 1 aromatic rings. The zero-order chi connectivity index (χ0) is 14.8. The quantitative estimate of drug-likeness (QED) is 0.875. The van der Waals surface area contributed by atoms with E-state index >= 15 is 0 Å². The zero-order valence-electron chi connectivity index (χ0n) is 10.6. The molecule has 0 aromatic heterocycles. The fourth-order valence-corrected chi connectivity index (χ4v) is 1.95. The Hall–Kier alpha value is -1.27. The number of amides is 1. The van der Waals surface area contributed by atoms with Crippen LogP contribution >= 0.6 is 11.6 Å². The summed E-state index contributed by atoms with van der Waals surface area (Å²) in [5.41, 5.74) is -0.855. The second-order valence-electron chi connectivity index (χ2n) is 4.72. The maximum absolute atomic E-state index is 12.7. The monoisotopic (exact) mass is 306 g/mol. The van der Waals surface area contributed by atoms with Gasteiger partial charge in [-0.25, -0.2) is 0 Å². The molecule has 2 N–H and O–H groups in total. The predicted molar refractivity (Wildman–Crippen MR) is 70.7 cm³/mol. The molecule has 1 amide bonds. The maximum Gasteiger partial charge on any atom is 0.417 e. The number of carbonyl (C=O) groups excluding carboxylic acids is 1. The van der Waals surface area contributed by atoms with Crippen LogP contribution in [-0.2, 0) is 11.0 Å². The molecule has 1 aromatic carbocycles. The van der Waals surface area contributed by atoms with Crippen LogP contribution in [0.2, 0.25) is 5.02 Å². The van der Waals surface area contributed by atoms with Crippen LogP contribution in [0.15, 0.2) is 18.2 Å². The van der Waals surface area contributed by atoms with Gasteiger partial charge in [-0.1, -0.05) is 11.6 Å². The number of benzene rings is 1. The summed E-state index contributed by atoms with van der Waals surface area (Å²) in [7, 11) is 0. The molecule has 1 fully saturated rings. The molecular weight excluding hydrogens is 293 g/mol. The highest BCUT2D eigenvalue weighted by Crippen LogP contribution is 2.36. The van der Waals surface area contributed by atoms with E-state index in [2.05, 4.69) is 10.6 Å². The average Bonchev–Trinajstić information content (AvgIpc) is 3.14. The Morgan fingerprint density at radius 2 is 2.05 bits per heavy atom. The van der Waals surface area contributed by atoms with E-state index in [1.807, 2.05) is 0 Å². The van der Waals surface area contributed by atoms with E-state index in [0.717, 1.165) is 25.0 Å². The van der Waals surface area contributed by atoms with Gasteiger partial charge in [0.1, 0.15) is 0 Å². The summed E-state index contributed by atoms with van der Waals surface area (Å²) in [6.07, 6.45) is -2.08. The van der Waals surface area contributed by atoms with Crippen molar-refractivity contribution in [2.75, 3.05) is 11.9 Å². The minimum Gasteiger partial charge on any atom is -0.326 e. The van der Waals surface area contributed by atoms with Crippen molar-refractivity contribution in [3.8, 4) is 0 Å². The highest BCUT2D eigenvalue weighted by molar-refractivity contribution is 6.31. The third kappa shape index (κ3) is 4.38. The van der Waals surface area contributed by atoms with Crippen LogP contribution in [0, 0.1) is 0 Å². The molecule has 0 bridgehead atoms. The summed E-state index contributed by atoms with van der Waals surface area (Å²) in [6, 6.07) is 3.82. The standard InChI is InChI=1S/C13H14ClF3N2O/c14-11-4-3-9(7-10(11)13(15,16)17)19-12(20)5-6-18-8-1-2-8/h3-4,7-8,18H,1-2,5-6H2,(H,19,20). The van der Waals surface area contributed by atoms with E-state index in [-0.39, 0.29) is 23.0 Å². The van der Waals surface area contributed by atoms with Crippen LogP contribution in [0.4, 0.5) is 18.9 Å². The van der Waals surface area contributed by atoms with Gasteiger partial charge in [-0.15, -0.1) is 0 Å². The molecule has 1 aliphatic carbocycles. The Morgan fingerprint density at radius 3 is 2.65 bits per heavy atom. The van der Waals surface area contributed by atoms with Gasteiger partial charge in [0, 0.05) is 24.7 Å². The molecule has 0 atom stereocenters. The Morgan fingerprint density at radius 1 is 1.35 bits per heavy atom. The molecule has 0 saturated heterocycles. The summed E-state index contributed by atoms with van der Waals surface area (Å²) in [5.74, 6) is -0.325. The molecule has 0 radical (unpaired) electrons. The van der Waals surface area contributed by atoms with Crippen LogP contribution < -0.4 is 10.6 Å². The lowest BCUT2D eigenvalue weighted by molar-refractivity contribution is -0.137. The summed E-state index contributed by atoms with van der Waals surface area (Å²) < 4.78 is 38.0. The van der Waals surface area contributed by atoms with Crippen LogP contribution in [0.1, 0.15) is 24.8 Å². The zero-order valence-corrected chi connectivity index (χ0v) is 11.3. The smallest absolute Gasteiger partial charge is 0.326 e. The van der Waals surface area contributed by atoms with Crippen LogP contribution in [0.25, 0.3) is 0 Å². The molecule has 7 heteroatoms. The summed E-state index contributed by atoms with van der Waals surface area (Å²) in [5, 5.41) is 5.21. The van der Waals surface area contributed by atoms with Crippen molar-refractivity contribution in [2.24, 2.45) is 0 Å². The topological polar surface area (TPSA) is 41.1 Å². The number of carbonyl (C=O) groups is 1. The fourth-order valence-electron chi connectivity index (χ4n) is 1.72. The first kappa shape index (κ1) is 15.1. The van der Waals surface area contributed by atoms with E-state index in [9.17, 15) is 18.0 Å².